The molecule has 0 bridgehead atoms. The molecule has 82 valence electrons. The van der Waals surface area contributed by atoms with E-state index in [4.69, 9.17) is 10.5 Å². The summed E-state index contributed by atoms with van der Waals surface area (Å²) < 4.78 is 5.55. The second-order valence-electron chi connectivity index (χ2n) is 4.66. The Morgan fingerprint density at radius 3 is 2.93 bits per heavy atom. The van der Waals surface area contributed by atoms with Crippen molar-refractivity contribution in [1.82, 2.24) is 0 Å². The summed E-state index contributed by atoms with van der Waals surface area (Å²) in [5.74, 6) is 0. The first kappa shape index (κ1) is 10.7. The Hall–Kier alpha value is -0.860. The molecule has 0 spiro atoms. The van der Waals surface area contributed by atoms with E-state index in [1.54, 1.807) is 0 Å². The second-order valence-corrected chi connectivity index (χ2v) is 4.66. The van der Waals surface area contributed by atoms with Crippen LogP contribution in [0.3, 0.4) is 0 Å². The zero-order chi connectivity index (χ0) is 10.9. The van der Waals surface area contributed by atoms with Gasteiger partial charge in [0, 0.05) is 12.1 Å². The molecule has 1 aromatic rings. The summed E-state index contributed by atoms with van der Waals surface area (Å²) in [5, 5.41) is 0. The number of aryl methyl sites for hydroxylation is 1. The highest BCUT2D eigenvalue weighted by molar-refractivity contribution is 5.24. The lowest BCUT2D eigenvalue weighted by atomic mass is 9.86. The van der Waals surface area contributed by atoms with Gasteiger partial charge in [0.1, 0.15) is 0 Å². The van der Waals surface area contributed by atoms with E-state index >= 15 is 0 Å². The number of hydrogen-bond acceptors (Lipinski definition) is 2. The molecule has 2 rings (SSSR count). The molecule has 1 aliphatic rings. The van der Waals surface area contributed by atoms with Gasteiger partial charge in [-0.1, -0.05) is 29.8 Å². The van der Waals surface area contributed by atoms with Crippen molar-refractivity contribution in [3.63, 3.8) is 0 Å². The molecule has 0 amide bonds. The maximum absolute atomic E-state index is 6.36. The number of rotatable bonds is 2. The van der Waals surface area contributed by atoms with Crippen molar-refractivity contribution in [2.45, 2.75) is 38.3 Å². The molecule has 1 saturated heterocycles. The molecular formula is C13H19NO. The number of benzene rings is 1. The zero-order valence-corrected chi connectivity index (χ0v) is 9.49. The van der Waals surface area contributed by atoms with Gasteiger partial charge in [-0.15, -0.1) is 0 Å². The van der Waals surface area contributed by atoms with Crippen molar-refractivity contribution >= 4 is 0 Å². The van der Waals surface area contributed by atoms with Gasteiger partial charge in [0.15, 0.2) is 0 Å². The highest BCUT2D eigenvalue weighted by Gasteiger charge is 2.37. The standard InChI is InChI=1S/C13H19NO/c1-10-4-3-5-12(8-10)9-13(14)6-7-15-11(13)2/h3-5,8,11H,6-7,9,14H2,1-2H3. The molecule has 1 fully saturated rings. The molecular weight excluding hydrogens is 186 g/mol. The maximum atomic E-state index is 6.36. The fourth-order valence-corrected chi connectivity index (χ4v) is 2.23. The lowest BCUT2D eigenvalue weighted by Crippen LogP contribution is -2.47. The van der Waals surface area contributed by atoms with Gasteiger partial charge in [-0.25, -0.2) is 0 Å². The van der Waals surface area contributed by atoms with Gasteiger partial charge in [0.25, 0.3) is 0 Å². The number of hydrogen-bond donors (Lipinski definition) is 1. The molecule has 1 heterocycles. The first-order valence-electron chi connectivity index (χ1n) is 5.56. The Bertz CT molecular complexity index is 350. The maximum Gasteiger partial charge on any atom is 0.0730 e. The summed E-state index contributed by atoms with van der Waals surface area (Å²) in [6.45, 7) is 4.98. The van der Waals surface area contributed by atoms with E-state index in [-0.39, 0.29) is 11.6 Å². The molecule has 0 aromatic heterocycles. The largest absolute Gasteiger partial charge is 0.377 e. The van der Waals surface area contributed by atoms with Gasteiger partial charge >= 0.3 is 0 Å². The van der Waals surface area contributed by atoms with Crippen LogP contribution < -0.4 is 5.73 Å². The Morgan fingerprint density at radius 2 is 2.33 bits per heavy atom. The second kappa shape index (κ2) is 3.95. The summed E-state index contributed by atoms with van der Waals surface area (Å²) in [4.78, 5) is 0. The molecule has 2 atom stereocenters. The normalized spacial score (nSPS) is 30.7. The molecule has 2 unspecified atom stereocenters. The minimum absolute atomic E-state index is 0.165. The van der Waals surface area contributed by atoms with Crippen LogP contribution in [0, 0.1) is 6.92 Å². The van der Waals surface area contributed by atoms with Crippen molar-refractivity contribution in [2.75, 3.05) is 6.61 Å². The molecule has 2 N–H and O–H groups in total. The average molecular weight is 205 g/mol. The Balaban J connectivity index is 2.14. The topological polar surface area (TPSA) is 35.2 Å². The minimum atomic E-state index is -0.173. The van der Waals surface area contributed by atoms with E-state index in [1.165, 1.54) is 11.1 Å². The smallest absolute Gasteiger partial charge is 0.0730 e. The quantitative estimate of drug-likeness (QED) is 0.802. The summed E-state index contributed by atoms with van der Waals surface area (Å²) >= 11 is 0. The molecule has 2 heteroatoms. The van der Waals surface area contributed by atoms with Crippen LogP contribution in [0.4, 0.5) is 0 Å². The lowest BCUT2D eigenvalue weighted by Gasteiger charge is -2.27. The number of nitrogens with two attached hydrogens (primary N) is 1. The summed E-state index contributed by atoms with van der Waals surface area (Å²) in [6.07, 6.45) is 2.04. The molecule has 0 aliphatic carbocycles. The molecule has 0 radical (unpaired) electrons. The van der Waals surface area contributed by atoms with Crippen LogP contribution in [0.2, 0.25) is 0 Å². The van der Waals surface area contributed by atoms with Crippen LogP contribution in [0.1, 0.15) is 24.5 Å². The predicted molar refractivity (Wildman–Crippen MR) is 61.8 cm³/mol. The van der Waals surface area contributed by atoms with Gasteiger partial charge in [0.05, 0.1) is 6.10 Å². The van der Waals surface area contributed by atoms with Gasteiger partial charge in [-0.05, 0) is 32.3 Å². The van der Waals surface area contributed by atoms with Gasteiger partial charge in [-0.2, -0.15) is 0 Å². The van der Waals surface area contributed by atoms with Crippen molar-refractivity contribution in [3.05, 3.63) is 35.4 Å². The van der Waals surface area contributed by atoms with Crippen molar-refractivity contribution in [2.24, 2.45) is 5.73 Å². The third kappa shape index (κ3) is 2.21. The van der Waals surface area contributed by atoms with Crippen molar-refractivity contribution in [1.29, 1.82) is 0 Å². The highest BCUT2D eigenvalue weighted by atomic mass is 16.5. The summed E-state index contributed by atoms with van der Waals surface area (Å²) in [6, 6.07) is 8.56. The predicted octanol–water partition coefficient (Wildman–Crippen LogP) is 2.04. The van der Waals surface area contributed by atoms with Gasteiger partial charge in [0.2, 0.25) is 0 Å². The Labute approximate surface area is 91.4 Å². The van der Waals surface area contributed by atoms with E-state index in [1.807, 2.05) is 0 Å². The van der Waals surface area contributed by atoms with Crippen LogP contribution in [0.25, 0.3) is 0 Å². The Kier molecular flexibility index (Phi) is 2.81. The monoisotopic (exact) mass is 205 g/mol. The van der Waals surface area contributed by atoms with Gasteiger partial charge in [-0.3, -0.25) is 0 Å². The lowest BCUT2D eigenvalue weighted by molar-refractivity contribution is 0.0955. The van der Waals surface area contributed by atoms with Crippen LogP contribution >= 0.6 is 0 Å². The molecule has 0 saturated carbocycles. The van der Waals surface area contributed by atoms with E-state index in [2.05, 4.69) is 38.1 Å². The SMILES string of the molecule is Cc1cccc(CC2(N)CCOC2C)c1. The first-order chi connectivity index (χ1) is 7.10. The summed E-state index contributed by atoms with van der Waals surface area (Å²) in [7, 11) is 0. The van der Waals surface area contributed by atoms with E-state index in [9.17, 15) is 0 Å². The van der Waals surface area contributed by atoms with Gasteiger partial charge < -0.3 is 10.5 Å². The van der Waals surface area contributed by atoms with Crippen LogP contribution in [0.15, 0.2) is 24.3 Å². The highest BCUT2D eigenvalue weighted by Crippen LogP contribution is 2.27. The van der Waals surface area contributed by atoms with Crippen LogP contribution in [0.5, 0.6) is 0 Å². The minimum Gasteiger partial charge on any atom is -0.377 e. The average Bonchev–Trinajstić information content (AvgIpc) is 2.47. The fourth-order valence-electron chi connectivity index (χ4n) is 2.23. The van der Waals surface area contributed by atoms with E-state index in [0.29, 0.717) is 0 Å². The third-order valence-corrected chi connectivity index (χ3v) is 3.36. The van der Waals surface area contributed by atoms with E-state index in [0.717, 1.165) is 19.4 Å². The van der Waals surface area contributed by atoms with Crippen LogP contribution in [-0.2, 0) is 11.2 Å². The summed E-state index contributed by atoms with van der Waals surface area (Å²) in [5.41, 5.74) is 8.80. The third-order valence-electron chi connectivity index (χ3n) is 3.36. The van der Waals surface area contributed by atoms with E-state index < -0.39 is 0 Å². The molecule has 15 heavy (non-hydrogen) atoms. The van der Waals surface area contributed by atoms with Crippen molar-refractivity contribution in [3.8, 4) is 0 Å². The number of ether oxygens (including phenoxy) is 1. The molecule has 1 aromatic carbocycles. The van der Waals surface area contributed by atoms with Crippen molar-refractivity contribution < 1.29 is 4.74 Å². The van der Waals surface area contributed by atoms with Crippen LogP contribution in [-0.4, -0.2) is 18.2 Å². The Morgan fingerprint density at radius 1 is 1.53 bits per heavy atom. The molecule has 1 aliphatic heterocycles. The molecule has 2 nitrogen and oxygen atoms in total. The fraction of sp³-hybridized carbons (Fsp3) is 0.538. The first-order valence-corrected chi connectivity index (χ1v) is 5.56. The zero-order valence-electron chi connectivity index (χ0n) is 9.49.